The summed E-state index contributed by atoms with van der Waals surface area (Å²) in [6.07, 6.45) is -0.0474. The standard InChI is InChI=1S/C39H49N3O13/c1-4-54-32-15-7-28(8-16-32)21-33(38(48)49)41(24-36(45)46)19-17-40(23-35(43)44)18-20-42(25-37(47)55-26-29-9-13-31(53-3)14-10-29)34(39(50)51)22-27-5-11-30(52-2)12-6-27/h5-16,33-34H,4,17-26H2,1-3H3,(H,43,44)(H,45,46)(H,48,49)(H,50,51). The fourth-order valence-electron chi connectivity index (χ4n) is 5.80. The molecule has 4 N–H and O–H groups in total. The molecular weight excluding hydrogens is 718 g/mol. The molecule has 3 aromatic rings. The topological polar surface area (TPSA) is 213 Å². The monoisotopic (exact) mass is 767 g/mol. The molecule has 0 aliphatic rings. The minimum absolute atomic E-state index is 0.0117. The molecule has 0 spiro atoms. The van der Waals surface area contributed by atoms with Crippen LogP contribution in [-0.2, 0) is 48.2 Å². The van der Waals surface area contributed by atoms with Crippen molar-refractivity contribution in [2.75, 3.05) is 66.6 Å². The molecule has 3 rings (SSSR count). The average molecular weight is 768 g/mol. The van der Waals surface area contributed by atoms with Crippen molar-refractivity contribution in [1.29, 1.82) is 0 Å². The third kappa shape index (κ3) is 15.3. The van der Waals surface area contributed by atoms with Gasteiger partial charge >= 0.3 is 29.8 Å². The molecule has 0 radical (unpaired) electrons. The summed E-state index contributed by atoms with van der Waals surface area (Å²) in [5.74, 6) is -3.91. The van der Waals surface area contributed by atoms with E-state index in [0.29, 0.717) is 40.5 Å². The summed E-state index contributed by atoms with van der Waals surface area (Å²) in [5, 5.41) is 39.9. The van der Waals surface area contributed by atoms with Crippen LogP contribution < -0.4 is 14.2 Å². The molecule has 0 saturated heterocycles. The maximum Gasteiger partial charge on any atom is 0.321 e. The SMILES string of the molecule is CCOc1ccc(CC(C(=O)O)N(CCN(CCN(CC(=O)OCc2ccc(OC)cc2)C(Cc2ccc(OC)cc2)C(=O)O)CC(=O)O)CC(=O)O)cc1. The highest BCUT2D eigenvalue weighted by Crippen LogP contribution is 2.18. The van der Waals surface area contributed by atoms with E-state index in [2.05, 4.69) is 0 Å². The van der Waals surface area contributed by atoms with Crippen molar-refractivity contribution in [3.8, 4) is 17.2 Å². The van der Waals surface area contributed by atoms with Gasteiger partial charge in [0.2, 0.25) is 0 Å². The van der Waals surface area contributed by atoms with Gasteiger partial charge in [0.25, 0.3) is 0 Å². The van der Waals surface area contributed by atoms with Crippen LogP contribution in [-0.4, -0.2) is 144 Å². The Hall–Kier alpha value is -5.71. The number of rotatable bonds is 26. The van der Waals surface area contributed by atoms with E-state index in [0.717, 1.165) is 0 Å². The molecule has 2 atom stereocenters. The number of esters is 1. The summed E-state index contributed by atoms with van der Waals surface area (Å²) >= 11 is 0. The van der Waals surface area contributed by atoms with Crippen molar-refractivity contribution in [2.45, 2.75) is 38.5 Å². The fourth-order valence-corrected chi connectivity index (χ4v) is 5.80. The predicted molar refractivity (Wildman–Crippen MR) is 199 cm³/mol. The molecule has 0 aliphatic carbocycles. The minimum atomic E-state index is -1.27. The molecule has 16 heteroatoms. The van der Waals surface area contributed by atoms with E-state index in [1.165, 1.54) is 28.9 Å². The molecule has 55 heavy (non-hydrogen) atoms. The van der Waals surface area contributed by atoms with Gasteiger partial charge in [0, 0.05) is 26.2 Å². The lowest BCUT2D eigenvalue weighted by atomic mass is 10.0. The molecule has 3 aromatic carbocycles. The quantitative estimate of drug-likeness (QED) is 0.0865. The molecule has 0 fully saturated rings. The van der Waals surface area contributed by atoms with E-state index in [1.807, 2.05) is 6.92 Å². The normalized spacial score (nSPS) is 12.3. The van der Waals surface area contributed by atoms with Crippen LogP contribution in [0.25, 0.3) is 0 Å². The highest BCUT2D eigenvalue weighted by atomic mass is 16.5. The van der Waals surface area contributed by atoms with Gasteiger partial charge in [-0.25, -0.2) is 0 Å². The van der Waals surface area contributed by atoms with Gasteiger partial charge in [-0.3, -0.25) is 38.7 Å². The number of hydrogen-bond acceptors (Lipinski definition) is 12. The van der Waals surface area contributed by atoms with Crippen LogP contribution in [0.2, 0.25) is 0 Å². The first kappa shape index (κ1) is 43.7. The van der Waals surface area contributed by atoms with Gasteiger partial charge in [-0.15, -0.1) is 0 Å². The zero-order valence-corrected chi connectivity index (χ0v) is 31.2. The Labute approximate surface area is 319 Å². The smallest absolute Gasteiger partial charge is 0.321 e. The summed E-state index contributed by atoms with van der Waals surface area (Å²) in [7, 11) is 3.03. The number of hydrogen-bond donors (Lipinski definition) is 4. The molecule has 0 bridgehead atoms. The molecular formula is C39H49N3O13. The van der Waals surface area contributed by atoms with Crippen LogP contribution in [0, 0.1) is 0 Å². The Morgan fingerprint density at radius 1 is 0.564 bits per heavy atom. The average Bonchev–Trinajstić information content (AvgIpc) is 3.15. The van der Waals surface area contributed by atoms with Crippen LogP contribution in [0.1, 0.15) is 23.6 Å². The van der Waals surface area contributed by atoms with Gasteiger partial charge in [0.15, 0.2) is 0 Å². The van der Waals surface area contributed by atoms with Crippen molar-refractivity contribution in [3.05, 3.63) is 89.5 Å². The zero-order valence-electron chi connectivity index (χ0n) is 31.2. The van der Waals surface area contributed by atoms with E-state index in [-0.39, 0.29) is 45.6 Å². The first-order chi connectivity index (χ1) is 26.3. The lowest BCUT2D eigenvalue weighted by Crippen LogP contribution is -2.51. The molecule has 2 unspecified atom stereocenters. The molecule has 0 aromatic heterocycles. The molecule has 0 saturated carbocycles. The van der Waals surface area contributed by atoms with Gasteiger partial charge < -0.3 is 39.4 Å². The second kappa shape index (κ2) is 22.5. The number of benzene rings is 3. The molecule has 0 heterocycles. The third-order valence-electron chi connectivity index (χ3n) is 8.70. The van der Waals surface area contributed by atoms with Gasteiger partial charge in [-0.1, -0.05) is 36.4 Å². The number of methoxy groups -OCH3 is 2. The predicted octanol–water partition coefficient (Wildman–Crippen LogP) is 2.61. The Kier molecular flexibility index (Phi) is 17.9. The molecule has 16 nitrogen and oxygen atoms in total. The number of carbonyl (C=O) groups excluding carboxylic acids is 1. The van der Waals surface area contributed by atoms with Crippen molar-refractivity contribution < 1.29 is 63.3 Å². The van der Waals surface area contributed by atoms with E-state index in [4.69, 9.17) is 18.9 Å². The summed E-state index contributed by atoms with van der Waals surface area (Å²) in [4.78, 5) is 66.2. The first-order valence-corrected chi connectivity index (χ1v) is 17.5. The number of ether oxygens (including phenoxy) is 4. The first-order valence-electron chi connectivity index (χ1n) is 17.5. The lowest BCUT2D eigenvalue weighted by molar-refractivity contribution is -0.151. The van der Waals surface area contributed by atoms with Crippen LogP contribution >= 0.6 is 0 Å². The van der Waals surface area contributed by atoms with Crippen LogP contribution in [0.15, 0.2) is 72.8 Å². The summed E-state index contributed by atoms with van der Waals surface area (Å²) < 4.78 is 21.3. The number of carbonyl (C=O) groups is 5. The maximum absolute atomic E-state index is 13.2. The van der Waals surface area contributed by atoms with Crippen LogP contribution in [0.5, 0.6) is 17.2 Å². The Balaban J connectivity index is 1.81. The van der Waals surface area contributed by atoms with Gasteiger partial charge in [-0.2, -0.15) is 0 Å². The van der Waals surface area contributed by atoms with Crippen molar-refractivity contribution in [3.63, 3.8) is 0 Å². The van der Waals surface area contributed by atoms with E-state index in [1.54, 1.807) is 72.8 Å². The lowest BCUT2D eigenvalue weighted by Gasteiger charge is -2.32. The van der Waals surface area contributed by atoms with Gasteiger partial charge in [0.1, 0.15) is 35.9 Å². The van der Waals surface area contributed by atoms with Crippen molar-refractivity contribution in [1.82, 2.24) is 14.7 Å². The molecule has 298 valence electrons. The van der Waals surface area contributed by atoms with E-state index < -0.39 is 61.6 Å². The molecule has 0 aliphatic heterocycles. The third-order valence-corrected chi connectivity index (χ3v) is 8.70. The van der Waals surface area contributed by atoms with Crippen molar-refractivity contribution >= 4 is 29.8 Å². The highest BCUT2D eigenvalue weighted by molar-refractivity contribution is 5.77. The second-order valence-electron chi connectivity index (χ2n) is 12.6. The number of carboxylic acids is 4. The van der Waals surface area contributed by atoms with Crippen molar-refractivity contribution in [2.24, 2.45) is 0 Å². The Morgan fingerprint density at radius 2 is 0.982 bits per heavy atom. The second-order valence-corrected chi connectivity index (χ2v) is 12.6. The molecule has 0 amide bonds. The Morgan fingerprint density at radius 3 is 1.38 bits per heavy atom. The van der Waals surface area contributed by atoms with Gasteiger partial charge in [-0.05, 0) is 72.9 Å². The Bertz CT molecular complexity index is 1680. The van der Waals surface area contributed by atoms with Crippen LogP contribution in [0.3, 0.4) is 0 Å². The highest BCUT2D eigenvalue weighted by Gasteiger charge is 2.31. The number of aliphatic carboxylic acids is 4. The van der Waals surface area contributed by atoms with E-state index >= 15 is 0 Å². The maximum atomic E-state index is 13.2. The minimum Gasteiger partial charge on any atom is -0.497 e. The zero-order chi connectivity index (χ0) is 40.3. The number of carboxylic acid groups (broad SMARTS) is 4. The largest absolute Gasteiger partial charge is 0.497 e. The van der Waals surface area contributed by atoms with E-state index in [9.17, 15) is 44.4 Å². The summed E-state index contributed by atoms with van der Waals surface area (Å²) in [6, 6.07) is 17.9. The summed E-state index contributed by atoms with van der Waals surface area (Å²) in [6.45, 7) is 0.181. The van der Waals surface area contributed by atoms with Crippen LogP contribution in [0.4, 0.5) is 0 Å². The summed E-state index contributed by atoms with van der Waals surface area (Å²) in [5.41, 5.74) is 1.94. The van der Waals surface area contributed by atoms with Gasteiger partial charge in [0.05, 0.1) is 40.5 Å². The fraction of sp³-hybridized carbons (Fsp3) is 0.410. The number of nitrogens with zero attached hydrogens (tertiary/aromatic N) is 3.